The lowest BCUT2D eigenvalue weighted by Crippen LogP contribution is -2.14. The molecule has 5 nitrogen and oxygen atoms in total. The Labute approximate surface area is 153 Å². The van der Waals surface area contributed by atoms with E-state index in [-0.39, 0.29) is 5.91 Å². The number of fused-ring (bicyclic) bond motifs is 4. The van der Waals surface area contributed by atoms with Gasteiger partial charge in [-0.3, -0.25) is 14.8 Å². The Morgan fingerprint density at radius 3 is 3.00 bits per heavy atom. The molecule has 2 aliphatic rings. The highest BCUT2D eigenvalue weighted by Gasteiger charge is 2.25. The van der Waals surface area contributed by atoms with E-state index in [1.54, 1.807) is 22.7 Å². The first kappa shape index (κ1) is 15.3. The monoisotopic (exact) mass is 370 g/mol. The van der Waals surface area contributed by atoms with E-state index in [2.05, 4.69) is 10.4 Å². The molecule has 3 aromatic rings. The molecule has 0 saturated carbocycles. The number of hydrogen-bond acceptors (Lipinski definition) is 5. The van der Waals surface area contributed by atoms with Crippen LogP contribution in [0, 0.1) is 0 Å². The summed E-state index contributed by atoms with van der Waals surface area (Å²) in [5, 5.41) is 10.1. The van der Waals surface area contributed by atoms with Crippen molar-refractivity contribution in [1.29, 1.82) is 0 Å². The third-order valence-corrected chi connectivity index (χ3v) is 7.25. The van der Waals surface area contributed by atoms with Crippen LogP contribution in [0.3, 0.4) is 0 Å². The zero-order chi connectivity index (χ0) is 17.0. The van der Waals surface area contributed by atoms with E-state index in [1.807, 2.05) is 23.3 Å². The largest absolute Gasteiger partial charge is 0.298 e. The summed E-state index contributed by atoms with van der Waals surface area (Å²) in [6.45, 7) is 0. The SMILES string of the molecule is Cn1ncc2c1CCc1sc(NC(=O)c3csc4c3CCCC4)nc1-2. The Morgan fingerprint density at radius 1 is 1.20 bits per heavy atom. The smallest absolute Gasteiger partial charge is 0.258 e. The van der Waals surface area contributed by atoms with Crippen molar-refractivity contribution in [2.24, 2.45) is 7.05 Å². The summed E-state index contributed by atoms with van der Waals surface area (Å²) in [6, 6.07) is 0. The van der Waals surface area contributed by atoms with Gasteiger partial charge in [-0.2, -0.15) is 5.10 Å². The second-order valence-corrected chi connectivity index (χ2v) is 8.68. The molecule has 0 unspecified atom stereocenters. The van der Waals surface area contributed by atoms with Crippen LogP contribution < -0.4 is 5.32 Å². The molecule has 0 bridgehead atoms. The van der Waals surface area contributed by atoms with Gasteiger partial charge in [-0.25, -0.2) is 4.98 Å². The highest BCUT2D eigenvalue weighted by Crippen LogP contribution is 2.38. The van der Waals surface area contributed by atoms with Crippen molar-refractivity contribution in [3.05, 3.63) is 38.2 Å². The topological polar surface area (TPSA) is 59.8 Å². The Hall–Kier alpha value is -1.99. The van der Waals surface area contributed by atoms with Crippen molar-refractivity contribution in [1.82, 2.24) is 14.8 Å². The quantitative estimate of drug-likeness (QED) is 0.746. The van der Waals surface area contributed by atoms with Gasteiger partial charge in [0.05, 0.1) is 17.5 Å². The minimum Gasteiger partial charge on any atom is -0.298 e. The van der Waals surface area contributed by atoms with Gasteiger partial charge in [0, 0.05) is 33.4 Å². The number of rotatable bonds is 2. The number of hydrogen-bond donors (Lipinski definition) is 1. The highest BCUT2D eigenvalue weighted by atomic mass is 32.1. The van der Waals surface area contributed by atoms with Crippen molar-refractivity contribution in [3.8, 4) is 11.3 Å². The molecular formula is C18H18N4OS2. The van der Waals surface area contributed by atoms with E-state index in [9.17, 15) is 4.79 Å². The summed E-state index contributed by atoms with van der Waals surface area (Å²) in [5.74, 6) is -0.0168. The van der Waals surface area contributed by atoms with Crippen LogP contribution in [0.1, 0.15) is 44.2 Å². The van der Waals surface area contributed by atoms with Gasteiger partial charge in [-0.15, -0.1) is 22.7 Å². The van der Waals surface area contributed by atoms with Crippen LogP contribution in [0.25, 0.3) is 11.3 Å². The zero-order valence-electron chi connectivity index (χ0n) is 14.0. The average Bonchev–Trinajstić information content (AvgIpc) is 3.30. The lowest BCUT2D eigenvalue weighted by Gasteiger charge is -2.12. The van der Waals surface area contributed by atoms with E-state index in [0.717, 1.165) is 42.5 Å². The summed E-state index contributed by atoms with van der Waals surface area (Å²) in [7, 11) is 1.97. The Morgan fingerprint density at radius 2 is 2.08 bits per heavy atom. The number of carbonyl (C=O) groups excluding carboxylic acids is 1. The second kappa shape index (κ2) is 5.78. The number of aromatic nitrogens is 3. The van der Waals surface area contributed by atoms with E-state index in [4.69, 9.17) is 4.98 Å². The van der Waals surface area contributed by atoms with Crippen molar-refractivity contribution >= 4 is 33.7 Å². The summed E-state index contributed by atoms with van der Waals surface area (Å²) in [4.78, 5) is 20.1. The first-order chi connectivity index (χ1) is 12.2. The molecule has 0 spiro atoms. The molecule has 25 heavy (non-hydrogen) atoms. The minimum absolute atomic E-state index is 0.0168. The molecule has 5 rings (SSSR count). The number of aryl methyl sites for hydroxylation is 3. The van der Waals surface area contributed by atoms with Gasteiger partial charge in [0.15, 0.2) is 5.13 Å². The number of thiophene rings is 1. The van der Waals surface area contributed by atoms with Crippen LogP contribution in [-0.2, 0) is 32.7 Å². The maximum absolute atomic E-state index is 12.8. The van der Waals surface area contributed by atoms with Gasteiger partial charge < -0.3 is 0 Å². The molecule has 3 aromatic heterocycles. The van der Waals surface area contributed by atoms with Crippen molar-refractivity contribution < 1.29 is 4.79 Å². The average molecular weight is 371 g/mol. The van der Waals surface area contributed by atoms with Gasteiger partial charge in [0.25, 0.3) is 5.91 Å². The maximum Gasteiger partial charge on any atom is 0.258 e. The van der Waals surface area contributed by atoms with Gasteiger partial charge in [0.1, 0.15) is 0 Å². The number of nitrogens with zero attached hydrogens (tertiary/aromatic N) is 3. The Kier molecular flexibility index (Phi) is 3.53. The first-order valence-corrected chi connectivity index (χ1v) is 10.3. The number of thiazole rings is 1. The van der Waals surface area contributed by atoms with E-state index in [0.29, 0.717) is 5.13 Å². The predicted octanol–water partition coefficient (Wildman–Crippen LogP) is 3.83. The predicted molar refractivity (Wildman–Crippen MR) is 101 cm³/mol. The van der Waals surface area contributed by atoms with Crippen LogP contribution in [0.4, 0.5) is 5.13 Å². The third-order valence-electron chi connectivity index (χ3n) is 5.13. The van der Waals surface area contributed by atoms with Crippen LogP contribution in [0.5, 0.6) is 0 Å². The number of anilines is 1. The van der Waals surface area contributed by atoms with E-state index >= 15 is 0 Å². The molecular weight excluding hydrogens is 352 g/mol. The van der Waals surface area contributed by atoms with Crippen molar-refractivity contribution in [3.63, 3.8) is 0 Å². The van der Waals surface area contributed by atoms with Gasteiger partial charge in [-0.1, -0.05) is 0 Å². The Balaban J connectivity index is 1.44. The minimum atomic E-state index is -0.0168. The summed E-state index contributed by atoms with van der Waals surface area (Å²) in [5.41, 5.74) is 5.41. The van der Waals surface area contributed by atoms with Crippen LogP contribution in [0.2, 0.25) is 0 Å². The number of amides is 1. The molecule has 0 aromatic carbocycles. The highest BCUT2D eigenvalue weighted by molar-refractivity contribution is 7.16. The normalized spacial score (nSPS) is 15.4. The maximum atomic E-state index is 12.8. The molecule has 1 N–H and O–H groups in total. The molecule has 0 aliphatic heterocycles. The van der Waals surface area contributed by atoms with Gasteiger partial charge in [0.2, 0.25) is 0 Å². The summed E-state index contributed by atoms with van der Waals surface area (Å²) < 4.78 is 1.92. The summed E-state index contributed by atoms with van der Waals surface area (Å²) in [6.07, 6.45) is 8.38. The molecule has 0 fully saturated rings. The van der Waals surface area contributed by atoms with E-state index < -0.39 is 0 Å². The fraction of sp³-hybridized carbons (Fsp3) is 0.389. The summed E-state index contributed by atoms with van der Waals surface area (Å²) >= 11 is 3.32. The molecule has 7 heteroatoms. The van der Waals surface area contributed by atoms with E-state index in [1.165, 1.54) is 33.9 Å². The molecule has 0 radical (unpaired) electrons. The molecule has 2 aliphatic carbocycles. The fourth-order valence-electron chi connectivity index (χ4n) is 3.82. The molecule has 3 heterocycles. The number of carbonyl (C=O) groups is 1. The fourth-order valence-corrected chi connectivity index (χ4v) is 5.92. The number of nitrogens with one attached hydrogen (secondary N) is 1. The molecule has 128 valence electrons. The lowest BCUT2D eigenvalue weighted by atomic mass is 9.96. The van der Waals surface area contributed by atoms with Crippen LogP contribution >= 0.6 is 22.7 Å². The van der Waals surface area contributed by atoms with Gasteiger partial charge in [-0.05, 0) is 44.1 Å². The molecule has 0 saturated heterocycles. The zero-order valence-corrected chi connectivity index (χ0v) is 15.6. The standard InChI is InChI=1S/C18H18N4OS2/c1-22-13-6-7-15-16(11(13)8-19-22)20-18(25-15)21-17(23)12-9-24-14-5-3-2-4-10(12)14/h8-9H,2-7H2,1H3,(H,20,21,23). The lowest BCUT2D eigenvalue weighted by molar-refractivity contribution is 0.102. The van der Waals surface area contributed by atoms with Gasteiger partial charge >= 0.3 is 0 Å². The van der Waals surface area contributed by atoms with Crippen molar-refractivity contribution in [2.45, 2.75) is 38.5 Å². The second-order valence-electron chi connectivity index (χ2n) is 6.63. The van der Waals surface area contributed by atoms with Crippen LogP contribution in [-0.4, -0.2) is 20.7 Å². The molecule has 0 atom stereocenters. The Bertz CT molecular complexity index is 982. The third kappa shape index (κ3) is 2.45. The molecule has 1 amide bonds. The van der Waals surface area contributed by atoms with Crippen molar-refractivity contribution in [2.75, 3.05) is 5.32 Å². The first-order valence-electron chi connectivity index (χ1n) is 8.62. The van der Waals surface area contributed by atoms with Crippen LogP contribution in [0.15, 0.2) is 11.6 Å².